The number of allylic oxidation sites excluding steroid dienone is 2. The van der Waals surface area contributed by atoms with E-state index in [1.807, 2.05) is 12.4 Å². The second-order valence-electron chi connectivity index (χ2n) is 9.02. The first-order valence-electron chi connectivity index (χ1n) is 11.5. The van der Waals surface area contributed by atoms with Crippen LogP contribution in [-0.2, 0) is 4.43 Å². The highest BCUT2D eigenvalue weighted by Crippen LogP contribution is 2.45. The Balaban J connectivity index is 1.59. The molecule has 4 heteroatoms. The van der Waals surface area contributed by atoms with Crippen LogP contribution in [0.15, 0.2) is 53.8 Å². The number of nitrogens with zero attached hydrogens (tertiary/aromatic N) is 2. The van der Waals surface area contributed by atoms with Crippen LogP contribution in [0.25, 0.3) is 11.6 Å². The molecule has 160 valence electrons. The second-order valence-corrected chi connectivity index (χ2v) is 9.79. The number of rotatable bonds is 5. The van der Waals surface area contributed by atoms with Gasteiger partial charge in [-0.25, -0.2) is 0 Å². The number of aliphatic imine (C=N–C) groups is 1. The summed E-state index contributed by atoms with van der Waals surface area (Å²) in [5, 5.41) is 3.55. The van der Waals surface area contributed by atoms with Crippen molar-refractivity contribution < 1.29 is 0 Å². The van der Waals surface area contributed by atoms with Gasteiger partial charge >= 0.3 is 0 Å². The Morgan fingerprint density at radius 1 is 1.16 bits per heavy atom. The van der Waals surface area contributed by atoms with Crippen LogP contribution in [0.2, 0.25) is 0 Å². The largest absolute Gasteiger partial charge is 0.317 e. The second kappa shape index (κ2) is 9.37. The van der Waals surface area contributed by atoms with Crippen LogP contribution in [0.4, 0.5) is 0 Å². The molecule has 1 N–H and O–H groups in total. The summed E-state index contributed by atoms with van der Waals surface area (Å²) < 4.78 is 1.04. The SMILES string of the molecule is CC1=NC=CC1CCC1=Cc2cc(CI)ccc2C(C2CCNCC2)c2ncccc21. The molecule has 3 aliphatic rings. The van der Waals surface area contributed by atoms with Crippen molar-refractivity contribution in [3.05, 3.63) is 76.8 Å². The van der Waals surface area contributed by atoms with Crippen molar-refractivity contribution in [3.8, 4) is 0 Å². The van der Waals surface area contributed by atoms with Crippen molar-refractivity contribution in [1.82, 2.24) is 10.3 Å². The molecule has 1 aliphatic carbocycles. The van der Waals surface area contributed by atoms with Crippen LogP contribution in [0.1, 0.15) is 66.5 Å². The van der Waals surface area contributed by atoms with Crippen molar-refractivity contribution >= 4 is 40.0 Å². The highest BCUT2D eigenvalue weighted by atomic mass is 127. The summed E-state index contributed by atoms with van der Waals surface area (Å²) in [5.74, 6) is 1.48. The maximum atomic E-state index is 5.02. The monoisotopic (exact) mass is 523 g/mol. The van der Waals surface area contributed by atoms with E-state index in [4.69, 9.17) is 4.98 Å². The number of piperidine rings is 1. The van der Waals surface area contributed by atoms with Crippen LogP contribution >= 0.6 is 22.6 Å². The smallest absolute Gasteiger partial charge is 0.0556 e. The van der Waals surface area contributed by atoms with Gasteiger partial charge in [0.25, 0.3) is 0 Å². The molecule has 2 aliphatic heterocycles. The Morgan fingerprint density at radius 2 is 2.03 bits per heavy atom. The van der Waals surface area contributed by atoms with Crippen LogP contribution < -0.4 is 5.32 Å². The number of alkyl halides is 1. The Morgan fingerprint density at radius 3 is 2.81 bits per heavy atom. The number of hydrogen-bond acceptors (Lipinski definition) is 3. The van der Waals surface area contributed by atoms with E-state index in [2.05, 4.69) is 82.3 Å². The van der Waals surface area contributed by atoms with Gasteiger partial charge in [-0.2, -0.15) is 0 Å². The van der Waals surface area contributed by atoms with Crippen molar-refractivity contribution in [3.63, 3.8) is 0 Å². The molecule has 0 bridgehead atoms. The van der Waals surface area contributed by atoms with Crippen LogP contribution in [-0.4, -0.2) is 23.8 Å². The van der Waals surface area contributed by atoms with Gasteiger partial charge in [0, 0.05) is 34.4 Å². The van der Waals surface area contributed by atoms with Gasteiger partial charge in [0.1, 0.15) is 0 Å². The number of hydrogen-bond donors (Lipinski definition) is 1. The van der Waals surface area contributed by atoms with E-state index in [1.165, 1.54) is 52.1 Å². The maximum Gasteiger partial charge on any atom is 0.0556 e. The maximum absolute atomic E-state index is 5.02. The average Bonchev–Trinajstić information content (AvgIpc) is 3.17. The topological polar surface area (TPSA) is 37.3 Å². The molecule has 5 rings (SSSR count). The number of halogens is 1. The zero-order valence-corrected chi connectivity index (χ0v) is 20.3. The first-order valence-corrected chi connectivity index (χ1v) is 13.0. The summed E-state index contributed by atoms with van der Waals surface area (Å²) in [7, 11) is 0. The fourth-order valence-corrected chi connectivity index (χ4v) is 5.92. The molecular formula is C27H30IN3. The minimum absolute atomic E-state index is 0.375. The molecule has 31 heavy (non-hydrogen) atoms. The molecule has 1 aromatic heterocycles. The third kappa shape index (κ3) is 4.29. The molecule has 2 atom stereocenters. The lowest BCUT2D eigenvalue weighted by Gasteiger charge is -2.32. The van der Waals surface area contributed by atoms with E-state index in [0.29, 0.717) is 17.8 Å². The van der Waals surface area contributed by atoms with Crippen molar-refractivity contribution in [2.24, 2.45) is 16.8 Å². The van der Waals surface area contributed by atoms with E-state index in [-0.39, 0.29) is 0 Å². The number of pyridine rings is 1. The summed E-state index contributed by atoms with van der Waals surface area (Å²) in [5.41, 5.74) is 9.58. The lowest BCUT2D eigenvalue weighted by Crippen LogP contribution is -2.32. The third-order valence-electron chi connectivity index (χ3n) is 7.16. The van der Waals surface area contributed by atoms with E-state index in [9.17, 15) is 0 Å². The number of nitrogens with one attached hydrogen (secondary N) is 1. The first kappa shape index (κ1) is 21.1. The molecule has 0 radical (unpaired) electrons. The number of benzene rings is 1. The molecule has 1 aromatic carbocycles. The van der Waals surface area contributed by atoms with E-state index < -0.39 is 0 Å². The average molecular weight is 523 g/mol. The van der Waals surface area contributed by atoms with Gasteiger partial charge < -0.3 is 5.32 Å². The van der Waals surface area contributed by atoms with Gasteiger partial charge in [-0.1, -0.05) is 59.0 Å². The molecule has 2 aromatic rings. The molecule has 1 fully saturated rings. The van der Waals surface area contributed by atoms with Crippen molar-refractivity contribution in [1.29, 1.82) is 0 Å². The third-order valence-corrected chi connectivity index (χ3v) is 8.04. The zero-order valence-electron chi connectivity index (χ0n) is 18.2. The van der Waals surface area contributed by atoms with Gasteiger partial charge in [-0.15, -0.1) is 0 Å². The highest BCUT2D eigenvalue weighted by Gasteiger charge is 2.33. The molecule has 1 saturated heterocycles. The van der Waals surface area contributed by atoms with Gasteiger partial charge in [-0.05, 0) is 85.5 Å². The Labute approximate surface area is 199 Å². The minimum Gasteiger partial charge on any atom is -0.317 e. The lowest BCUT2D eigenvalue weighted by atomic mass is 9.76. The van der Waals surface area contributed by atoms with Gasteiger partial charge in [-0.3, -0.25) is 9.98 Å². The normalized spacial score (nSPS) is 23.0. The first-order chi connectivity index (χ1) is 15.2. The van der Waals surface area contributed by atoms with Crippen molar-refractivity contribution in [2.75, 3.05) is 13.1 Å². The molecular weight excluding hydrogens is 493 g/mol. The quantitative estimate of drug-likeness (QED) is 0.365. The van der Waals surface area contributed by atoms with Gasteiger partial charge in [0.05, 0.1) is 5.69 Å². The summed E-state index contributed by atoms with van der Waals surface area (Å²) in [6.07, 6.45) is 13.3. The highest BCUT2D eigenvalue weighted by molar-refractivity contribution is 14.1. The molecule has 3 nitrogen and oxygen atoms in total. The molecule has 2 unspecified atom stereocenters. The Hall–Kier alpha value is -1.79. The Bertz CT molecular complexity index is 1050. The van der Waals surface area contributed by atoms with E-state index in [1.54, 1.807) is 0 Å². The summed E-state index contributed by atoms with van der Waals surface area (Å²) in [6, 6.07) is 11.6. The Kier molecular flexibility index (Phi) is 6.37. The molecule has 0 amide bonds. The zero-order chi connectivity index (χ0) is 21.2. The minimum atomic E-state index is 0.375. The van der Waals surface area contributed by atoms with Crippen LogP contribution in [0, 0.1) is 11.8 Å². The molecule has 0 spiro atoms. The predicted molar refractivity (Wildman–Crippen MR) is 139 cm³/mol. The van der Waals surface area contributed by atoms with Gasteiger partial charge in [0.15, 0.2) is 0 Å². The van der Waals surface area contributed by atoms with E-state index >= 15 is 0 Å². The van der Waals surface area contributed by atoms with E-state index in [0.717, 1.165) is 30.4 Å². The lowest BCUT2D eigenvalue weighted by molar-refractivity contribution is 0.339. The standard InChI is InChI=1S/C27H30IN3/c1-18-20(10-14-30-18)5-6-22-16-23-15-19(17-28)4-7-24(23)26(21-8-12-29-13-9-21)27-25(22)3-2-11-31-27/h2-4,7,10-11,14-16,20-21,26,29H,5-6,8-9,12-13,17H2,1H3. The summed E-state index contributed by atoms with van der Waals surface area (Å²) in [4.78, 5) is 9.50. The van der Waals surface area contributed by atoms with Crippen LogP contribution in [0.3, 0.4) is 0 Å². The predicted octanol–water partition coefficient (Wildman–Crippen LogP) is 6.39. The molecule has 3 heterocycles. The fourth-order valence-electron chi connectivity index (χ4n) is 5.44. The van der Waals surface area contributed by atoms with Gasteiger partial charge in [0.2, 0.25) is 0 Å². The van der Waals surface area contributed by atoms with Crippen LogP contribution in [0.5, 0.6) is 0 Å². The fraction of sp³-hybridized carbons (Fsp3) is 0.407. The number of aromatic nitrogens is 1. The number of fused-ring (bicyclic) bond motifs is 2. The summed E-state index contributed by atoms with van der Waals surface area (Å²) in [6.45, 7) is 4.37. The van der Waals surface area contributed by atoms with Crippen molar-refractivity contribution in [2.45, 2.75) is 43.0 Å². The molecule has 0 saturated carbocycles. The summed E-state index contributed by atoms with van der Waals surface area (Å²) >= 11 is 2.47.